The van der Waals surface area contributed by atoms with Crippen LogP contribution in [0.2, 0.25) is 0 Å². The van der Waals surface area contributed by atoms with E-state index in [2.05, 4.69) is 33.0 Å². The van der Waals surface area contributed by atoms with Gasteiger partial charge in [-0.1, -0.05) is 27.7 Å². The standard InChI is InChI=1S/C10H23NOS/c1-5-9(4)13-7-10(12)6-11-8(2)3/h8-12H,5-7H2,1-4H3. The third-order valence-electron chi connectivity index (χ3n) is 1.91. The van der Waals surface area contributed by atoms with Gasteiger partial charge in [0.2, 0.25) is 0 Å². The van der Waals surface area contributed by atoms with E-state index in [4.69, 9.17) is 0 Å². The van der Waals surface area contributed by atoms with Gasteiger partial charge in [-0.3, -0.25) is 0 Å². The van der Waals surface area contributed by atoms with Gasteiger partial charge >= 0.3 is 0 Å². The molecule has 2 nitrogen and oxygen atoms in total. The number of hydrogen-bond acceptors (Lipinski definition) is 3. The summed E-state index contributed by atoms with van der Waals surface area (Å²) in [5.74, 6) is 0.842. The highest BCUT2D eigenvalue weighted by atomic mass is 32.2. The summed E-state index contributed by atoms with van der Waals surface area (Å²) in [7, 11) is 0. The van der Waals surface area contributed by atoms with E-state index in [1.54, 1.807) is 0 Å². The normalized spacial score (nSPS) is 16.2. The van der Waals surface area contributed by atoms with Crippen molar-refractivity contribution in [3.63, 3.8) is 0 Å². The molecule has 0 radical (unpaired) electrons. The summed E-state index contributed by atoms with van der Waals surface area (Å²) in [5, 5.41) is 13.4. The Morgan fingerprint density at radius 3 is 2.38 bits per heavy atom. The molecule has 0 bridgehead atoms. The summed E-state index contributed by atoms with van der Waals surface area (Å²) in [4.78, 5) is 0. The summed E-state index contributed by atoms with van der Waals surface area (Å²) in [6.07, 6.45) is 0.969. The molecule has 0 heterocycles. The molecule has 0 spiro atoms. The predicted octanol–water partition coefficient (Wildman–Crippen LogP) is 1.88. The Hall–Kier alpha value is 0.270. The topological polar surface area (TPSA) is 32.3 Å². The van der Waals surface area contributed by atoms with Gasteiger partial charge < -0.3 is 10.4 Å². The Bertz CT molecular complexity index is 119. The van der Waals surface area contributed by atoms with Gasteiger partial charge in [0, 0.05) is 23.6 Å². The van der Waals surface area contributed by atoms with Crippen molar-refractivity contribution in [3.8, 4) is 0 Å². The number of thioether (sulfide) groups is 1. The second-order valence-corrected chi connectivity index (χ2v) is 5.24. The average Bonchev–Trinajstić information content (AvgIpc) is 2.10. The third kappa shape index (κ3) is 8.60. The van der Waals surface area contributed by atoms with Crippen LogP contribution in [0.1, 0.15) is 34.1 Å². The van der Waals surface area contributed by atoms with Crippen LogP contribution < -0.4 is 5.32 Å². The van der Waals surface area contributed by atoms with E-state index in [0.717, 1.165) is 5.75 Å². The Labute approximate surface area is 86.5 Å². The first-order chi connectivity index (χ1) is 6.06. The van der Waals surface area contributed by atoms with Crippen LogP contribution in [-0.4, -0.2) is 34.8 Å². The zero-order chi connectivity index (χ0) is 10.3. The molecule has 0 aromatic rings. The van der Waals surface area contributed by atoms with Crippen molar-refractivity contribution < 1.29 is 5.11 Å². The maximum absolute atomic E-state index is 9.56. The Balaban J connectivity index is 3.34. The maximum Gasteiger partial charge on any atom is 0.0755 e. The highest BCUT2D eigenvalue weighted by Crippen LogP contribution is 2.14. The van der Waals surface area contributed by atoms with Crippen molar-refractivity contribution in [2.45, 2.75) is 51.5 Å². The lowest BCUT2D eigenvalue weighted by Crippen LogP contribution is -2.33. The summed E-state index contributed by atoms with van der Waals surface area (Å²) in [6.45, 7) is 9.27. The zero-order valence-electron chi connectivity index (χ0n) is 9.21. The van der Waals surface area contributed by atoms with Crippen molar-refractivity contribution in [1.82, 2.24) is 5.32 Å². The molecule has 0 rings (SSSR count). The van der Waals surface area contributed by atoms with Crippen molar-refractivity contribution >= 4 is 11.8 Å². The van der Waals surface area contributed by atoms with Crippen LogP contribution >= 0.6 is 11.8 Å². The van der Waals surface area contributed by atoms with E-state index in [0.29, 0.717) is 17.8 Å². The van der Waals surface area contributed by atoms with Crippen molar-refractivity contribution in [1.29, 1.82) is 0 Å². The van der Waals surface area contributed by atoms with Gasteiger partial charge in [-0.25, -0.2) is 0 Å². The van der Waals surface area contributed by atoms with Crippen molar-refractivity contribution in [2.24, 2.45) is 0 Å². The Morgan fingerprint density at radius 2 is 1.92 bits per heavy atom. The van der Waals surface area contributed by atoms with Crippen LogP contribution in [0.15, 0.2) is 0 Å². The Morgan fingerprint density at radius 1 is 1.31 bits per heavy atom. The SMILES string of the molecule is CCC(C)SCC(O)CNC(C)C. The van der Waals surface area contributed by atoms with E-state index in [9.17, 15) is 5.11 Å². The zero-order valence-corrected chi connectivity index (χ0v) is 10.0. The van der Waals surface area contributed by atoms with Crippen molar-refractivity contribution in [3.05, 3.63) is 0 Å². The summed E-state index contributed by atoms with van der Waals surface area (Å²) >= 11 is 1.85. The Kier molecular flexibility index (Phi) is 7.81. The number of nitrogens with one attached hydrogen (secondary N) is 1. The molecular formula is C10H23NOS. The molecule has 2 N–H and O–H groups in total. The maximum atomic E-state index is 9.56. The number of aliphatic hydroxyl groups is 1. The number of rotatable bonds is 7. The lowest BCUT2D eigenvalue weighted by molar-refractivity contribution is 0.192. The van der Waals surface area contributed by atoms with E-state index in [1.165, 1.54) is 6.42 Å². The smallest absolute Gasteiger partial charge is 0.0755 e. The summed E-state index contributed by atoms with van der Waals surface area (Å²) < 4.78 is 0. The summed E-state index contributed by atoms with van der Waals surface area (Å²) in [5.41, 5.74) is 0. The number of aliphatic hydroxyl groups excluding tert-OH is 1. The fourth-order valence-electron chi connectivity index (χ4n) is 0.824. The van der Waals surface area contributed by atoms with E-state index < -0.39 is 0 Å². The van der Waals surface area contributed by atoms with E-state index >= 15 is 0 Å². The molecule has 0 aliphatic rings. The first-order valence-corrected chi connectivity index (χ1v) is 6.14. The number of hydrogen-bond donors (Lipinski definition) is 2. The average molecular weight is 205 g/mol. The van der Waals surface area contributed by atoms with Gasteiger partial charge in [-0.05, 0) is 6.42 Å². The molecule has 0 aliphatic carbocycles. The van der Waals surface area contributed by atoms with E-state index in [-0.39, 0.29) is 6.10 Å². The highest BCUT2D eigenvalue weighted by Gasteiger charge is 2.07. The van der Waals surface area contributed by atoms with Gasteiger partial charge in [-0.2, -0.15) is 11.8 Å². The van der Waals surface area contributed by atoms with Crippen LogP contribution in [0.3, 0.4) is 0 Å². The molecular weight excluding hydrogens is 182 g/mol. The molecule has 0 saturated carbocycles. The fraction of sp³-hybridized carbons (Fsp3) is 1.00. The first-order valence-electron chi connectivity index (χ1n) is 5.09. The highest BCUT2D eigenvalue weighted by molar-refractivity contribution is 7.99. The minimum absolute atomic E-state index is 0.207. The molecule has 3 heteroatoms. The third-order valence-corrected chi connectivity index (χ3v) is 3.39. The molecule has 0 saturated heterocycles. The van der Waals surface area contributed by atoms with Crippen LogP contribution in [0, 0.1) is 0 Å². The molecule has 0 aliphatic heterocycles. The molecule has 0 amide bonds. The predicted molar refractivity (Wildman–Crippen MR) is 61.4 cm³/mol. The van der Waals surface area contributed by atoms with Crippen molar-refractivity contribution in [2.75, 3.05) is 12.3 Å². The molecule has 0 fully saturated rings. The molecule has 2 atom stereocenters. The fourth-order valence-corrected chi connectivity index (χ4v) is 1.73. The lowest BCUT2D eigenvalue weighted by atomic mass is 10.3. The molecule has 2 unspecified atom stereocenters. The quantitative estimate of drug-likeness (QED) is 0.665. The minimum Gasteiger partial charge on any atom is -0.391 e. The van der Waals surface area contributed by atoms with Crippen LogP contribution in [0.25, 0.3) is 0 Å². The van der Waals surface area contributed by atoms with Gasteiger partial charge in [0.25, 0.3) is 0 Å². The minimum atomic E-state index is -0.207. The molecule has 80 valence electrons. The van der Waals surface area contributed by atoms with Crippen LogP contribution in [-0.2, 0) is 0 Å². The lowest BCUT2D eigenvalue weighted by Gasteiger charge is -2.15. The van der Waals surface area contributed by atoms with Gasteiger partial charge in [0.05, 0.1) is 6.10 Å². The largest absolute Gasteiger partial charge is 0.391 e. The molecule has 0 aromatic heterocycles. The summed E-state index contributed by atoms with van der Waals surface area (Å²) in [6, 6.07) is 0.461. The monoisotopic (exact) mass is 205 g/mol. The second kappa shape index (κ2) is 7.65. The van der Waals surface area contributed by atoms with Gasteiger partial charge in [-0.15, -0.1) is 0 Å². The van der Waals surface area contributed by atoms with Gasteiger partial charge in [0.15, 0.2) is 0 Å². The van der Waals surface area contributed by atoms with Crippen LogP contribution in [0.5, 0.6) is 0 Å². The molecule has 13 heavy (non-hydrogen) atoms. The second-order valence-electron chi connectivity index (χ2n) is 3.77. The van der Waals surface area contributed by atoms with E-state index in [1.807, 2.05) is 11.8 Å². The van der Waals surface area contributed by atoms with Gasteiger partial charge in [0.1, 0.15) is 0 Å². The molecule has 0 aromatic carbocycles. The first kappa shape index (κ1) is 13.3. The van der Waals surface area contributed by atoms with Crippen LogP contribution in [0.4, 0.5) is 0 Å².